The number of aryl methyl sites for hydroxylation is 1. The highest BCUT2D eigenvalue weighted by molar-refractivity contribution is 5.71. The Balaban J connectivity index is 2.21. The third-order valence-corrected chi connectivity index (χ3v) is 4.56. The molecule has 1 aliphatic rings. The van der Waals surface area contributed by atoms with Crippen LogP contribution >= 0.6 is 0 Å². The van der Waals surface area contributed by atoms with Crippen molar-refractivity contribution in [1.82, 2.24) is 19.1 Å². The molecule has 0 saturated carbocycles. The van der Waals surface area contributed by atoms with Crippen molar-refractivity contribution in [2.75, 3.05) is 5.73 Å². The van der Waals surface area contributed by atoms with Crippen LogP contribution < -0.4 is 17.0 Å². The first kappa shape index (κ1) is 18.5. The minimum Gasteiger partial charge on any atom is -0.390 e. The van der Waals surface area contributed by atoms with Gasteiger partial charge >= 0.3 is 5.69 Å². The Kier molecular flexibility index (Phi) is 4.86. The number of fused-ring (bicyclic) bond motifs is 1. The van der Waals surface area contributed by atoms with Crippen LogP contribution in [0.5, 0.6) is 0 Å². The summed E-state index contributed by atoms with van der Waals surface area (Å²) in [5, 5.41) is 20.2. The zero-order valence-electron chi connectivity index (χ0n) is 14.4. The molecule has 10 nitrogen and oxygen atoms in total. The van der Waals surface area contributed by atoms with Gasteiger partial charge in [0.25, 0.3) is 5.56 Å². The number of anilines is 1. The fourth-order valence-electron chi connectivity index (χ4n) is 3.28. The average Bonchev–Trinajstić information content (AvgIpc) is 3.03. The van der Waals surface area contributed by atoms with Crippen LogP contribution in [0.15, 0.2) is 9.59 Å². The number of nitrogens with zero attached hydrogens (tertiary/aromatic N) is 3. The number of halogens is 1. The quantitative estimate of drug-likeness (QED) is 0.540. The summed E-state index contributed by atoms with van der Waals surface area (Å²) >= 11 is 0. The molecule has 0 bridgehead atoms. The lowest BCUT2D eigenvalue weighted by atomic mass is 10.1. The first-order valence-electron chi connectivity index (χ1n) is 8.47. The van der Waals surface area contributed by atoms with Crippen molar-refractivity contribution in [3.05, 3.63) is 20.8 Å². The van der Waals surface area contributed by atoms with E-state index >= 15 is 0 Å². The largest absolute Gasteiger partial charge is 0.390 e. The summed E-state index contributed by atoms with van der Waals surface area (Å²) in [6, 6.07) is 0. The third-order valence-electron chi connectivity index (χ3n) is 4.56. The van der Waals surface area contributed by atoms with Gasteiger partial charge in [-0.05, 0) is 12.8 Å². The fourth-order valence-corrected chi connectivity index (χ4v) is 3.28. The Morgan fingerprint density at radius 2 is 2.12 bits per heavy atom. The molecule has 1 fully saturated rings. The van der Waals surface area contributed by atoms with Gasteiger partial charge in [0.15, 0.2) is 23.6 Å². The lowest BCUT2D eigenvalue weighted by Crippen LogP contribution is -2.36. The highest BCUT2D eigenvalue weighted by Gasteiger charge is 2.49. The number of hydrogen-bond acceptors (Lipinski definition) is 7. The van der Waals surface area contributed by atoms with Crippen LogP contribution in [-0.4, -0.2) is 53.8 Å². The molecular weight excluding hydrogens is 349 g/mol. The van der Waals surface area contributed by atoms with E-state index in [2.05, 4.69) is 9.97 Å². The van der Waals surface area contributed by atoms with Crippen LogP contribution in [0.1, 0.15) is 32.9 Å². The molecule has 0 spiro atoms. The predicted octanol–water partition coefficient (Wildman–Crippen LogP) is -0.754. The maximum absolute atomic E-state index is 14.4. The van der Waals surface area contributed by atoms with E-state index in [0.717, 1.165) is 4.57 Å². The zero-order chi connectivity index (χ0) is 19.2. The Hall–Kier alpha value is -2.24. The summed E-state index contributed by atoms with van der Waals surface area (Å²) in [6.45, 7) is 3.68. The molecule has 0 radical (unpaired) electrons. The van der Waals surface area contributed by atoms with Gasteiger partial charge in [-0.25, -0.2) is 13.8 Å². The van der Waals surface area contributed by atoms with Crippen LogP contribution in [0.25, 0.3) is 11.2 Å². The number of hydrogen-bond donors (Lipinski definition) is 4. The molecule has 3 heterocycles. The summed E-state index contributed by atoms with van der Waals surface area (Å²) in [6.07, 6.45) is -6.71. The molecule has 0 aliphatic carbocycles. The molecule has 2 aromatic heterocycles. The van der Waals surface area contributed by atoms with Crippen molar-refractivity contribution in [1.29, 1.82) is 0 Å². The van der Waals surface area contributed by atoms with E-state index in [1.54, 1.807) is 6.92 Å². The van der Waals surface area contributed by atoms with E-state index in [4.69, 9.17) is 10.5 Å². The van der Waals surface area contributed by atoms with Crippen LogP contribution in [0.2, 0.25) is 0 Å². The van der Waals surface area contributed by atoms with Gasteiger partial charge in [-0.2, -0.15) is 4.98 Å². The molecule has 5 atom stereocenters. The second-order valence-corrected chi connectivity index (χ2v) is 6.33. The van der Waals surface area contributed by atoms with Crippen molar-refractivity contribution in [3.8, 4) is 0 Å². The summed E-state index contributed by atoms with van der Waals surface area (Å²) in [5.41, 5.74) is 4.15. The highest BCUT2D eigenvalue weighted by Crippen LogP contribution is 2.34. The first-order chi connectivity index (χ1) is 12.3. The number of nitrogen functional groups attached to an aromatic ring is 1. The molecule has 26 heavy (non-hydrogen) atoms. The molecule has 11 heteroatoms. The zero-order valence-corrected chi connectivity index (χ0v) is 14.4. The summed E-state index contributed by atoms with van der Waals surface area (Å²) < 4.78 is 22.0. The Labute approximate surface area is 147 Å². The number of aromatic nitrogens is 4. The molecule has 0 unspecified atom stereocenters. The molecule has 2 aromatic rings. The SMILES string of the molecule is CCCn1c(=O)n([C@@H]2O[C@H]([C@@H](O)CC)[C@H](F)[C@H]2O)c2nc(N)[nH]c(=O)c21. The number of H-pyrrole nitrogens is 1. The van der Waals surface area contributed by atoms with Crippen molar-refractivity contribution in [2.45, 2.75) is 63.9 Å². The number of aromatic amines is 1. The molecule has 1 saturated heterocycles. The smallest absolute Gasteiger partial charge is 0.332 e. The van der Waals surface area contributed by atoms with Gasteiger partial charge < -0.3 is 20.7 Å². The number of nitrogens with one attached hydrogen (secondary N) is 1. The van der Waals surface area contributed by atoms with Crippen LogP contribution in [0, 0.1) is 0 Å². The number of rotatable bonds is 5. The van der Waals surface area contributed by atoms with Crippen LogP contribution in [0.3, 0.4) is 0 Å². The van der Waals surface area contributed by atoms with Gasteiger partial charge in [-0.15, -0.1) is 0 Å². The van der Waals surface area contributed by atoms with Gasteiger partial charge in [0.1, 0.15) is 12.2 Å². The number of aliphatic hydroxyl groups is 2. The van der Waals surface area contributed by atoms with Gasteiger partial charge in [0, 0.05) is 6.54 Å². The molecule has 5 N–H and O–H groups in total. The van der Waals surface area contributed by atoms with Crippen molar-refractivity contribution < 1.29 is 19.3 Å². The minimum atomic E-state index is -1.90. The summed E-state index contributed by atoms with van der Waals surface area (Å²) in [7, 11) is 0. The van der Waals surface area contributed by atoms with Crippen molar-refractivity contribution in [2.24, 2.45) is 0 Å². The van der Waals surface area contributed by atoms with Crippen LogP contribution in [0.4, 0.5) is 10.3 Å². The molecule has 1 aliphatic heterocycles. The summed E-state index contributed by atoms with van der Waals surface area (Å²) in [5.74, 6) is -0.223. The minimum absolute atomic E-state index is 0.0308. The molecule has 3 rings (SSSR count). The van der Waals surface area contributed by atoms with E-state index in [1.165, 1.54) is 4.57 Å². The maximum atomic E-state index is 14.4. The van der Waals surface area contributed by atoms with E-state index in [-0.39, 0.29) is 30.1 Å². The Bertz CT molecular complexity index is 922. The summed E-state index contributed by atoms with van der Waals surface area (Å²) in [4.78, 5) is 31.4. The first-order valence-corrected chi connectivity index (χ1v) is 8.47. The van der Waals surface area contributed by atoms with E-state index in [1.807, 2.05) is 6.92 Å². The van der Waals surface area contributed by atoms with E-state index < -0.39 is 42.0 Å². The number of aliphatic hydroxyl groups excluding tert-OH is 2. The van der Waals surface area contributed by atoms with Gasteiger partial charge in [0.05, 0.1) is 6.10 Å². The van der Waals surface area contributed by atoms with Crippen molar-refractivity contribution in [3.63, 3.8) is 0 Å². The second kappa shape index (κ2) is 6.82. The maximum Gasteiger partial charge on any atom is 0.332 e. The number of nitrogens with two attached hydrogens (primary N) is 1. The highest BCUT2D eigenvalue weighted by atomic mass is 19.1. The molecule has 0 aromatic carbocycles. The standard InChI is InChI=1S/C15H22FN5O5/c1-3-5-20-8-11(18-14(17)19-12(8)24)21(15(20)25)13-9(23)7(16)10(26-13)6(22)4-2/h6-7,9-10,13,22-23H,3-5H2,1-2H3,(H3,17,18,19,24)/t6-,7+,9+,10+,13+/m0/s1. The topological polar surface area (TPSA) is 148 Å². The normalized spacial score (nSPS) is 27.3. The second-order valence-electron chi connectivity index (χ2n) is 6.33. The van der Waals surface area contributed by atoms with Crippen LogP contribution in [-0.2, 0) is 11.3 Å². The number of ether oxygens (including phenoxy) is 1. The predicted molar refractivity (Wildman–Crippen MR) is 90.4 cm³/mol. The molecule has 144 valence electrons. The van der Waals surface area contributed by atoms with Gasteiger partial charge in [0.2, 0.25) is 5.95 Å². The van der Waals surface area contributed by atoms with Gasteiger partial charge in [-0.3, -0.25) is 14.3 Å². The Morgan fingerprint density at radius 3 is 2.73 bits per heavy atom. The monoisotopic (exact) mass is 371 g/mol. The average molecular weight is 371 g/mol. The van der Waals surface area contributed by atoms with Crippen molar-refractivity contribution >= 4 is 17.1 Å². The van der Waals surface area contributed by atoms with E-state index in [0.29, 0.717) is 6.42 Å². The third kappa shape index (κ3) is 2.72. The Morgan fingerprint density at radius 1 is 1.42 bits per heavy atom. The lowest BCUT2D eigenvalue weighted by Gasteiger charge is -2.18. The fraction of sp³-hybridized carbons (Fsp3) is 0.667. The number of alkyl halides is 1. The lowest BCUT2D eigenvalue weighted by molar-refractivity contribution is -0.0799. The number of imidazole rings is 1. The molecular formula is C15H22FN5O5. The van der Waals surface area contributed by atoms with Gasteiger partial charge in [-0.1, -0.05) is 13.8 Å². The molecule has 0 amide bonds. The van der Waals surface area contributed by atoms with E-state index in [9.17, 15) is 24.2 Å².